The monoisotopic (exact) mass is 482 g/mol. The summed E-state index contributed by atoms with van der Waals surface area (Å²) in [5.41, 5.74) is 6.65. The van der Waals surface area contributed by atoms with E-state index in [1.54, 1.807) is 30.3 Å². The van der Waals surface area contributed by atoms with Crippen molar-refractivity contribution in [3.63, 3.8) is 0 Å². The Hall–Kier alpha value is -1.86. The van der Waals surface area contributed by atoms with Crippen molar-refractivity contribution in [1.82, 2.24) is 10.9 Å². The van der Waals surface area contributed by atoms with Gasteiger partial charge in [-0.15, -0.1) is 0 Å². The summed E-state index contributed by atoms with van der Waals surface area (Å²) in [6, 6.07) is 10.4. The van der Waals surface area contributed by atoms with Gasteiger partial charge < -0.3 is 4.74 Å². The van der Waals surface area contributed by atoms with Crippen LogP contribution >= 0.6 is 31.9 Å². The van der Waals surface area contributed by atoms with E-state index < -0.39 is 11.8 Å². The molecule has 0 heterocycles. The van der Waals surface area contributed by atoms with Crippen molar-refractivity contribution in [3.05, 3.63) is 62.0 Å². The summed E-state index contributed by atoms with van der Waals surface area (Å²) in [5.74, 6) is -0.0655. The number of carbonyl (C=O) groups excluding carboxylic acids is 2. The van der Waals surface area contributed by atoms with E-state index in [2.05, 4.69) is 42.7 Å². The van der Waals surface area contributed by atoms with Crippen LogP contribution in [0.4, 0.5) is 0 Å². The smallest absolute Gasteiger partial charge is 0.273 e. The summed E-state index contributed by atoms with van der Waals surface area (Å²) >= 11 is 6.74. The standard InChI is InChI=1S/C19H20Br2N2O3/c1-11(2)10-26-17-7-6-14(20)9-15(17)19(25)23-22-18(24)13-5-4-12(3)16(21)8-13/h4-9,11H,10H2,1-3H3,(H,22,24)(H,23,25). The summed E-state index contributed by atoms with van der Waals surface area (Å²) in [6.45, 7) is 6.47. The molecule has 0 aliphatic heterocycles. The molecule has 0 bridgehead atoms. The summed E-state index contributed by atoms with van der Waals surface area (Å²) in [5, 5.41) is 0. The van der Waals surface area contributed by atoms with Gasteiger partial charge in [-0.2, -0.15) is 0 Å². The van der Waals surface area contributed by atoms with E-state index in [0.717, 1.165) is 14.5 Å². The van der Waals surface area contributed by atoms with Gasteiger partial charge >= 0.3 is 0 Å². The van der Waals surface area contributed by atoms with E-state index in [9.17, 15) is 9.59 Å². The number of amides is 2. The quantitative estimate of drug-likeness (QED) is 0.609. The van der Waals surface area contributed by atoms with Gasteiger partial charge in [0, 0.05) is 14.5 Å². The van der Waals surface area contributed by atoms with Gasteiger partial charge in [0.15, 0.2) is 0 Å². The van der Waals surface area contributed by atoms with Gasteiger partial charge in [-0.05, 0) is 48.7 Å². The average Bonchev–Trinajstić information content (AvgIpc) is 2.60. The molecule has 0 saturated heterocycles. The van der Waals surface area contributed by atoms with Gasteiger partial charge in [-0.25, -0.2) is 0 Å². The van der Waals surface area contributed by atoms with E-state index in [-0.39, 0.29) is 0 Å². The molecular formula is C19H20Br2N2O3. The maximum atomic E-state index is 12.5. The highest BCUT2D eigenvalue weighted by Gasteiger charge is 2.15. The fourth-order valence-electron chi connectivity index (χ4n) is 2.05. The van der Waals surface area contributed by atoms with Gasteiger partial charge in [-0.1, -0.05) is 51.8 Å². The molecule has 26 heavy (non-hydrogen) atoms. The molecule has 2 rings (SSSR count). The minimum absolute atomic E-state index is 0.328. The Morgan fingerprint density at radius 3 is 2.38 bits per heavy atom. The minimum atomic E-state index is -0.454. The number of halogens is 2. The Balaban J connectivity index is 2.08. The maximum Gasteiger partial charge on any atom is 0.273 e. The maximum absolute atomic E-state index is 12.5. The number of carbonyl (C=O) groups is 2. The molecule has 2 N–H and O–H groups in total. The van der Waals surface area contributed by atoms with Gasteiger partial charge in [0.2, 0.25) is 0 Å². The molecule has 7 heteroatoms. The predicted octanol–water partition coefficient (Wildman–Crippen LogP) is 4.63. The molecule has 5 nitrogen and oxygen atoms in total. The molecule has 0 spiro atoms. The van der Waals surface area contributed by atoms with Crippen molar-refractivity contribution < 1.29 is 14.3 Å². The zero-order valence-corrected chi connectivity index (χ0v) is 17.9. The Morgan fingerprint density at radius 1 is 1.04 bits per heavy atom. The van der Waals surface area contributed by atoms with Crippen LogP contribution in [0.15, 0.2) is 45.3 Å². The van der Waals surface area contributed by atoms with Crippen molar-refractivity contribution in [2.24, 2.45) is 5.92 Å². The van der Waals surface area contributed by atoms with Crippen LogP contribution in [0.1, 0.15) is 40.1 Å². The number of hydrogen-bond donors (Lipinski definition) is 2. The second-order valence-corrected chi connectivity index (χ2v) is 7.99. The van der Waals surface area contributed by atoms with Crippen LogP contribution in [0.3, 0.4) is 0 Å². The number of ether oxygens (including phenoxy) is 1. The Morgan fingerprint density at radius 2 is 1.73 bits per heavy atom. The second-order valence-electron chi connectivity index (χ2n) is 6.22. The fourth-order valence-corrected chi connectivity index (χ4v) is 2.79. The molecule has 2 aromatic rings. The Labute approximate surface area is 169 Å². The first-order valence-corrected chi connectivity index (χ1v) is 9.65. The third kappa shape index (κ3) is 5.57. The largest absolute Gasteiger partial charge is 0.492 e. The minimum Gasteiger partial charge on any atom is -0.492 e. The molecule has 0 aliphatic carbocycles. The lowest BCUT2D eigenvalue weighted by Gasteiger charge is -2.14. The Bertz CT molecular complexity index is 822. The van der Waals surface area contributed by atoms with Crippen molar-refractivity contribution in [2.75, 3.05) is 6.61 Å². The highest BCUT2D eigenvalue weighted by molar-refractivity contribution is 9.10. The Kier molecular flexibility index (Phi) is 7.23. The van der Waals surface area contributed by atoms with Crippen LogP contribution in [-0.4, -0.2) is 18.4 Å². The zero-order chi connectivity index (χ0) is 19.3. The van der Waals surface area contributed by atoms with Crippen LogP contribution < -0.4 is 15.6 Å². The van der Waals surface area contributed by atoms with Crippen LogP contribution in [0.25, 0.3) is 0 Å². The molecule has 0 radical (unpaired) electrons. The number of hydrogen-bond acceptors (Lipinski definition) is 3. The summed E-state index contributed by atoms with van der Waals surface area (Å²) in [6.07, 6.45) is 0. The van der Waals surface area contributed by atoms with E-state index in [1.807, 2.05) is 26.8 Å². The SMILES string of the molecule is Cc1ccc(C(=O)NNC(=O)c2cc(Br)ccc2OCC(C)C)cc1Br. The number of nitrogens with one attached hydrogen (secondary N) is 2. The first-order valence-electron chi connectivity index (χ1n) is 8.07. The molecule has 0 aliphatic rings. The third-order valence-corrected chi connectivity index (χ3v) is 4.83. The van der Waals surface area contributed by atoms with Gasteiger partial charge in [0.05, 0.1) is 12.2 Å². The molecule has 2 aromatic carbocycles. The lowest BCUT2D eigenvalue weighted by Crippen LogP contribution is -2.41. The average molecular weight is 484 g/mol. The number of aryl methyl sites for hydroxylation is 1. The first-order chi connectivity index (χ1) is 12.3. The van der Waals surface area contributed by atoms with Crippen molar-refractivity contribution in [2.45, 2.75) is 20.8 Å². The van der Waals surface area contributed by atoms with Crippen molar-refractivity contribution >= 4 is 43.7 Å². The normalized spacial score (nSPS) is 10.5. The lowest BCUT2D eigenvalue weighted by atomic mass is 10.1. The topological polar surface area (TPSA) is 67.4 Å². The van der Waals surface area contributed by atoms with Crippen LogP contribution in [0, 0.1) is 12.8 Å². The van der Waals surface area contributed by atoms with E-state index >= 15 is 0 Å². The molecule has 138 valence electrons. The van der Waals surface area contributed by atoms with Crippen molar-refractivity contribution in [3.8, 4) is 5.75 Å². The summed E-state index contributed by atoms with van der Waals surface area (Å²) < 4.78 is 7.27. The number of benzene rings is 2. The second kappa shape index (κ2) is 9.19. The third-order valence-electron chi connectivity index (χ3n) is 3.48. The van der Waals surface area contributed by atoms with Gasteiger partial charge in [0.25, 0.3) is 11.8 Å². The molecule has 0 aromatic heterocycles. The van der Waals surface area contributed by atoms with Crippen LogP contribution in [-0.2, 0) is 0 Å². The summed E-state index contributed by atoms with van der Waals surface area (Å²) in [7, 11) is 0. The zero-order valence-electron chi connectivity index (χ0n) is 14.7. The van der Waals surface area contributed by atoms with Crippen molar-refractivity contribution in [1.29, 1.82) is 0 Å². The highest BCUT2D eigenvalue weighted by Crippen LogP contribution is 2.24. The van der Waals surface area contributed by atoms with Crippen LogP contribution in [0.2, 0.25) is 0 Å². The molecular weight excluding hydrogens is 464 g/mol. The van der Waals surface area contributed by atoms with Gasteiger partial charge in [-0.3, -0.25) is 20.4 Å². The molecule has 0 saturated carbocycles. The van der Waals surface area contributed by atoms with E-state index in [4.69, 9.17) is 4.74 Å². The molecule has 0 atom stereocenters. The predicted molar refractivity (Wildman–Crippen MR) is 108 cm³/mol. The van der Waals surface area contributed by atoms with Crippen LogP contribution in [0.5, 0.6) is 5.75 Å². The number of rotatable bonds is 5. The summed E-state index contributed by atoms with van der Waals surface area (Å²) in [4.78, 5) is 24.7. The molecule has 0 fully saturated rings. The van der Waals surface area contributed by atoms with E-state index in [0.29, 0.717) is 29.4 Å². The molecule has 2 amide bonds. The lowest BCUT2D eigenvalue weighted by molar-refractivity contribution is 0.0844. The fraction of sp³-hybridized carbons (Fsp3) is 0.263. The first kappa shape index (κ1) is 20.5. The van der Waals surface area contributed by atoms with Gasteiger partial charge in [0.1, 0.15) is 5.75 Å². The highest BCUT2D eigenvalue weighted by atomic mass is 79.9. The van der Waals surface area contributed by atoms with E-state index in [1.165, 1.54) is 0 Å². The molecule has 0 unspecified atom stereocenters. The number of hydrazine groups is 1.